The fraction of sp³-hybridized carbons (Fsp3) is 0.526. The van der Waals surface area contributed by atoms with E-state index in [0.717, 1.165) is 18.4 Å². The minimum absolute atomic E-state index is 0.125. The number of likely N-dealkylation sites (tertiary alicyclic amines) is 1. The second-order valence-corrected chi connectivity index (χ2v) is 7.21. The number of amides is 2. The summed E-state index contributed by atoms with van der Waals surface area (Å²) in [5, 5.41) is 0.520. The third kappa shape index (κ3) is 3.62. The van der Waals surface area contributed by atoms with Crippen LogP contribution >= 0.6 is 11.6 Å². The highest BCUT2D eigenvalue weighted by molar-refractivity contribution is 6.32. The maximum Gasteiger partial charge on any atom is 0.310 e. The number of aryl methyl sites for hydroxylation is 1. The molecule has 2 atom stereocenters. The molecule has 26 heavy (non-hydrogen) atoms. The van der Waals surface area contributed by atoms with Gasteiger partial charge in [-0.05, 0) is 50.9 Å². The summed E-state index contributed by atoms with van der Waals surface area (Å²) in [4.78, 5) is 40.6. The lowest BCUT2D eigenvalue weighted by Gasteiger charge is -2.34. The number of nitrogens with zero attached hydrogens (tertiary/aromatic N) is 2. The van der Waals surface area contributed by atoms with Crippen molar-refractivity contribution in [1.82, 2.24) is 4.90 Å². The van der Waals surface area contributed by atoms with Gasteiger partial charge < -0.3 is 4.74 Å². The molecule has 2 aliphatic heterocycles. The molecular formula is C19H23ClN2O4. The molecule has 0 N–H and O–H groups in total. The predicted octanol–water partition coefficient (Wildman–Crippen LogP) is 2.56. The van der Waals surface area contributed by atoms with Crippen LogP contribution in [0.3, 0.4) is 0 Å². The van der Waals surface area contributed by atoms with E-state index in [-0.39, 0.29) is 30.1 Å². The van der Waals surface area contributed by atoms with E-state index in [4.69, 9.17) is 16.3 Å². The molecule has 7 heteroatoms. The number of esters is 1. The fourth-order valence-corrected chi connectivity index (χ4v) is 3.81. The van der Waals surface area contributed by atoms with Gasteiger partial charge in [-0.25, -0.2) is 4.90 Å². The first kappa shape index (κ1) is 18.9. The van der Waals surface area contributed by atoms with E-state index in [1.807, 2.05) is 11.8 Å². The first-order valence-electron chi connectivity index (χ1n) is 8.96. The molecule has 2 unspecified atom stereocenters. The van der Waals surface area contributed by atoms with Gasteiger partial charge in [-0.1, -0.05) is 17.7 Å². The highest BCUT2D eigenvalue weighted by Gasteiger charge is 2.44. The molecule has 6 nitrogen and oxygen atoms in total. The Morgan fingerprint density at radius 2 is 2.12 bits per heavy atom. The van der Waals surface area contributed by atoms with Crippen LogP contribution in [0.2, 0.25) is 5.02 Å². The molecule has 0 spiro atoms. The Hall–Kier alpha value is -1.92. The molecule has 2 saturated heterocycles. The Morgan fingerprint density at radius 3 is 2.81 bits per heavy atom. The minimum Gasteiger partial charge on any atom is -0.466 e. The number of hydrogen-bond acceptors (Lipinski definition) is 5. The molecule has 2 amide bonds. The van der Waals surface area contributed by atoms with Gasteiger partial charge in [-0.15, -0.1) is 0 Å². The standard InChI is InChI=1S/C19H23ClN2O4/c1-3-26-19(25)13-5-4-8-21(11-13)16-10-17(23)22(18(16)24)14-7-6-12(2)15(20)9-14/h6-7,9,13,16H,3-5,8,10-11H2,1-2H3. The molecule has 2 fully saturated rings. The molecule has 2 heterocycles. The summed E-state index contributed by atoms with van der Waals surface area (Å²) in [6.45, 7) is 5.14. The zero-order valence-electron chi connectivity index (χ0n) is 15.0. The third-order valence-electron chi connectivity index (χ3n) is 5.05. The number of rotatable bonds is 4. The Kier molecular flexibility index (Phi) is 5.63. The second-order valence-electron chi connectivity index (χ2n) is 6.81. The van der Waals surface area contributed by atoms with Gasteiger partial charge in [0.2, 0.25) is 5.91 Å². The first-order chi connectivity index (χ1) is 12.4. The Bertz CT molecular complexity index is 736. The maximum atomic E-state index is 12.9. The fourth-order valence-electron chi connectivity index (χ4n) is 3.64. The minimum atomic E-state index is -0.528. The zero-order valence-corrected chi connectivity index (χ0v) is 15.8. The zero-order chi connectivity index (χ0) is 18.8. The number of imide groups is 1. The maximum absolute atomic E-state index is 12.9. The molecular weight excluding hydrogens is 356 g/mol. The van der Waals surface area contributed by atoms with E-state index >= 15 is 0 Å². The number of carbonyl (C=O) groups excluding carboxylic acids is 3. The molecule has 140 valence electrons. The smallest absolute Gasteiger partial charge is 0.310 e. The van der Waals surface area contributed by atoms with E-state index in [9.17, 15) is 14.4 Å². The summed E-state index contributed by atoms with van der Waals surface area (Å²) in [5.74, 6) is -0.955. The van der Waals surface area contributed by atoms with Crippen LogP contribution in [0.1, 0.15) is 31.7 Å². The molecule has 3 rings (SSSR count). The monoisotopic (exact) mass is 378 g/mol. The SMILES string of the molecule is CCOC(=O)C1CCCN(C2CC(=O)N(c3ccc(C)c(Cl)c3)C2=O)C1. The van der Waals surface area contributed by atoms with Gasteiger partial charge in [0.25, 0.3) is 5.91 Å². The summed E-state index contributed by atoms with van der Waals surface area (Å²) >= 11 is 6.15. The van der Waals surface area contributed by atoms with Crippen LogP contribution in [0.4, 0.5) is 5.69 Å². The molecule has 1 aromatic rings. The average molecular weight is 379 g/mol. The summed E-state index contributed by atoms with van der Waals surface area (Å²) < 4.78 is 5.11. The van der Waals surface area contributed by atoms with Gasteiger partial charge in [0.15, 0.2) is 0 Å². The third-order valence-corrected chi connectivity index (χ3v) is 5.46. The molecule has 0 aromatic heterocycles. The number of ether oxygens (including phenoxy) is 1. The van der Waals surface area contributed by atoms with Crippen LogP contribution in [0.5, 0.6) is 0 Å². The van der Waals surface area contributed by atoms with Gasteiger partial charge in [0.1, 0.15) is 0 Å². The number of hydrogen-bond donors (Lipinski definition) is 0. The lowest BCUT2D eigenvalue weighted by Crippen LogP contribution is -2.48. The van der Waals surface area contributed by atoms with Crippen LogP contribution in [-0.4, -0.2) is 48.4 Å². The first-order valence-corrected chi connectivity index (χ1v) is 9.33. The molecule has 1 aromatic carbocycles. The Morgan fingerprint density at radius 1 is 1.35 bits per heavy atom. The number of anilines is 1. The van der Waals surface area contributed by atoms with Crippen LogP contribution in [-0.2, 0) is 19.1 Å². The quantitative estimate of drug-likeness (QED) is 0.595. The van der Waals surface area contributed by atoms with E-state index in [0.29, 0.717) is 30.4 Å². The second kappa shape index (κ2) is 7.76. The normalized spacial score (nSPS) is 24.2. The van der Waals surface area contributed by atoms with Crippen molar-refractivity contribution in [1.29, 1.82) is 0 Å². The van der Waals surface area contributed by atoms with Crippen LogP contribution < -0.4 is 4.90 Å². The van der Waals surface area contributed by atoms with Crippen LogP contribution in [0.15, 0.2) is 18.2 Å². The van der Waals surface area contributed by atoms with Gasteiger partial charge in [0.05, 0.1) is 30.7 Å². The molecule has 0 saturated carbocycles. The van der Waals surface area contributed by atoms with Crippen molar-refractivity contribution in [2.45, 2.75) is 39.2 Å². The largest absolute Gasteiger partial charge is 0.466 e. The molecule has 0 bridgehead atoms. The summed E-state index contributed by atoms with van der Waals surface area (Å²) in [5.41, 5.74) is 1.39. The topological polar surface area (TPSA) is 66.9 Å². The van der Waals surface area contributed by atoms with Crippen molar-refractivity contribution >= 4 is 35.1 Å². The van der Waals surface area contributed by atoms with Crippen molar-refractivity contribution in [2.24, 2.45) is 5.92 Å². The highest BCUT2D eigenvalue weighted by Crippen LogP contribution is 2.31. The van der Waals surface area contributed by atoms with Crippen molar-refractivity contribution in [3.05, 3.63) is 28.8 Å². The summed E-state index contributed by atoms with van der Waals surface area (Å²) in [6.07, 6.45) is 1.68. The predicted molar refractivity (Wildman–Crippen MR) is 98.0 cm³/mol. The average Bonchev–Trinajstić information content (AvgIpc) is 2.92. The summed E-state index contributed by atoms with van der Waals surface area (Å²) in [7, 11) is 0. The van der Waals surface area contributed by atoms with Crippen molar-refractivity contribution in [2.75, 3.05) is 24.6 Å². The number of benzene rings is 1. The Labute approximate surface area is 158 Å². The van der Waals surface area contributed by atoms with Crippen LogP contribution in [0.25, 0.3) is 0 Å². The van der Waals surface area contributed by atoms with Gasteiger partial charge in [-0.2, -0.15) is 0 Å². The number of halogens is 1. The number of piperidine rings is 1. The molecule has 2 aliphatic rings. The van der Waals surface area contributed by atoms with Gasteiger partial charge in [-0.3, -0.25) is 19.3 Å². The van der Waals surface area contributed by atoms with E-state index < -0.39 is 6.04 Å². The van der Waals surface area contributed by atoms with Gasteiger partial charge in [0, 0.05) is 11.6 Å². The van der Waals surface area contributed by atoms with Crippen LogP contribution in [0, 0.1) is 12.8 Å². The van der Waals surface area contributed by atoms with E-state index in [2.05, 4.69) is 0 Å². The molecule has 0 aliphatic carbocycles. The summed E-state index contributed by atoms with van der Waals surface area (Å²) in [6, 6.07) is 4.65. The van der Waals surface area contributed by atoms with Crippen molar-refractivity contribution in [3.63, 3.8) is 0 Å². The lowest BCUT2D eigenvalue weighted by molar-refractivity contribution is -0.150. The Balaban J connectivity index is 1.75. The number of carbonyl (C=O) groups is 3. The lowest BCUT2D eigenvalue weighted by atomic mass is 9.96. The highest BCUT2D eigenvalue weighted by atomic mass is 35.5. The van der Waals surface area contributed by atoms with E-state index in [1.165, 1.54) is 4.90 Å². The van der Waals surface area contributed by atoms with E-state index in [1.54, 1.807) is 25.1 Å². The molecule has 0 radical (unpaired) electrons. The van der Waals surface area contributed by atoms with Gasteiger partial charge >= 0.3 is 5.97 Å². The van der Waals surface area contributed by atoms with Crippen molar-refractivity contribution in [3.8, 4) is 0 Å². The van der Waals surface area contributed by atoms with Crippen molar-refractivity contribution < 1.29 is 19.1 Å².